The molecule has 0 spiro atoms. The highest BCUT2D eigenvalue weighted by Crippen LogP contribution is 2.29. The van der Waals surface area contributed by atoms with Gasteiger partial charge in [-0.1, -0.05) is 12.1 Å². The SMILES string of the molecule is O=C1CCC(N2C(=O)c3cccc(CNCCN4CCNCC4)c3C2=O)C(=O)N1. The van der Waals surface area contributed by atoms with Crippen molar-refractivity contribution in [2.75, 3.05) is 39.3 Å². The molecule has 0 bridgehead atoms. The maximum absolute atomic E-state index is 13.0. The maximum Gasteiger partial charge on any atom is 0.262 e. The average molecular weight is 399 g/mol. The summed E-state index contributed by atoms with van der Waals surface area (Å²) in [4.78, 5) is 52.8. The molecule has 3 N–H and O–H groups in total. The minimum atomic E-state index is -0.936. The largest absolute Gasteiger partial charge is 0.314 e. The number of benzene rings is 1. The Labute approximate surface area is 168 Å². The molecule has 4 amide bonds. The number of hydrogen-bond donors (Lipinski definition) is 3. The summed E-state index contributed by atoms with van der Waals surface area (Å²) < 4.78 is 0. The predicted molar refractivity (Wildman–Crippen MR) is 104 cm³/mol. The highest BCUT2D eigenvalue weighted by molar-refractivity contribution is 6.24. The summed E-state index contributed by atoms with van der Waals surface area (Å²) in [5.74, 6) is -1.90. The Morgan fingerprint density at radius 2 is 1.86 bits per heavy atom. The molecule has 0 saturated carbocycles. The van der Waals surface area contributed by atoms with E-state index < -0.39 is 23.8 Å². The van der Waals surface area contributed by atoms with E-state index >= 15 is 0 Å². The number of hydrogen-bond acceptors (Lipinski definition) is 7. The second kappa shape index (κ2) is 8.40. The zero-order chi connectivity index (χ0) is 20.4. The fourth-order valence-electron chi connectivity index (χ4n) is 4.13. The number of carbonyl (C=O) groups excluding carboxylic acids is 4. The van der Waals surface area contributed by atoms with Crippen molar-refractivity contribution in [2.24, 2.45) is 0 Å². The minimum Gasteiger partial charge on any atom is -0.314 e. The first-order chi connectivity index (χ1) is 14.1. The van der Waals surface area contributed by atoms with Gasteiger partial charge in [-0.3, -0.25) is 34.3 Å². The topological polar surface area (TPSA) is 111 Å². The van der Waals surface area contributed by atoms with Crippen LogP contribution in [-0.4, -0.2) is 78.7 Å². The lowest BCUT2D eigenvalue weighted by Gasteiger charge is -2.28. The van der Waals surface area contributed by atoms with Crippen LogP contribution in [0.2, 0.25) is 0 Å². The van der Waals surface area contributed by atoms with Gasteiger partial charge in [-0.05, 0) is 18.1 Å². The Kier molecular flexibility index (Phi) is 5.70. The van der Waals surface area contributed by atoms with E-state index in [4.69, 9.17) is 0 Å². The van der Waals surface area contributed by atoms with Crippen molar-refractivity contribution in [2.45, 2.75) is 25.4 Å². The fourth-order valence-corrected chi connectivity index (χ4v) is 4.13. The van der Waals surface area contributed by atoms with Crippen molar-refractivity contribution in [1.82, 2.24) is 25.8 Å². The summed E-state index contributed by atoms with van der Waals surface area (Å²) in [6.45, 7) is 6.22. The van der Waals surface area contributed by atoms with Crippen molar-refractivity contribution < 1.29 is 19.2 Å². The maximum atomic E-state index is 13.0. The molecule has 0 radical (unpaired) electrons. The lowest BCUT2D eigenvalue weighted by atomic mass is 10.0. The molecule has 3 aliphatic heterocycles. The first-order valence-corrected chi connectivity index (χ1v) is 10.0. The van der Waals surface area contributed by atoms with Gasteiger partial charge >= 0.3 is 0 Å². The van der Waals surface area contributed by atoms with Gasteiger partial charge in [-0.2, -0.15) is 0 Å². The molecule has 0 aromatic heterocycles. The van der Waals surface area contributed by atoms with Crippen LogP contribution in [0.1, 0.15) is 39.1 Å². The standard InChI is InChI=1S/C20H25N5O4/c26-16-5-4-15(18(27)23-16)25-19(28)14-3-1-2-13(17(14)20(25)29)12-22-8-11-24-9-6-21-7-10-24/h1-3,15,21-22H,4-12H2,(H,23,26,27). The molecule has 2 fully saturated rings. The molecular weight excluding hydrogens is 374 g/mol. The summed E-state index contributed by atoms with van der Waals surface area (Å²) in [6, 6.07) is 4.26. The van der Waals surface area contributed by atoms with Crippen LogP contribution in [0, 0.1) is 0 Å². The molecule has 9 heteroatoms. The van der Waals surface area contributed by atoms with Crippen LogP contribution in [0.25, 0.3) is 0 Å². The van der Waals surface area contributed by atoms with Crippen LogP contribution in [0.5, 0.6) is 0 Å². The monoisotopic (exact) mass is 399 g/mol. The molecule has 2 saturated heterocycles. The first kappa shape index (κ1) is 19.7. The summed E-state index contributed by atoms with van der Waals surface area (Å²) in [6.07, 6.45) is 0.276. The summed E-state index contributed by atoms with van der Waals surface area (Å²) in [5.41, 5.74) is 1.42. The minimum absolute atomic E-state index is 0.115. The van der Waals surface area contributed by atoms with Gasteiger partial charge in [0.25, 0.3) is 11.8 Å². The number of rotatable bonds is 6. The molecule has 9 nitrogen and oxygen atoms in total. The summed E-state index contributed by atoms with van der Waals surface area (Å²) in [7, 11) is 0. The van der Waals surface area contributed by atoms with Crippen LogP contribution in [-0.2, 0) is 16.1 Å². The highest BCUT2D eigenvalue weighted by Gasteiger charge is 2.45. The van der Waals surface area contributed by atoms with Crippen LogP contribution in [0.4, 0.5) is 0 Å². The van der Waals surface area contributed by atoms with Gasteiger partial charge in [-0.25, -0.2) is 0 Å². The van der Waals surface area contributed by atoms with E-state index in [9.17, 15) is 19.2 Å². The number of nitrogens with zero attached hydrogens (tertiary/aromatic N) is 2. The van der Waals surface area contributed by atoms with Crippen molar-refractivity contribution in [3.05, 3.63) is 34.9 Å². The number of nitrogens with one attached hydrogen (secondary N) is 3. The van der Waals surface area contributed by atoms with Crippen molar-refractivity contribution in [1.29, 1.82) is 0 Å². The van der Waals surface area contributed by atoms with E-state index in [0.29, 0.717) is 17.7 Å². The molecule has 1 aromatic rings. The number of imide groups is 2. The van der Waals surface area contributed by atoms with Gasteiger partial charge in [0.05, 0.1) is 11.1 Å². The van der Waals surface area contributed by atoms with Crippen LogP contribution >= 0.6 is 0 Å². The molecule has 0 aliphatic carbocycles. The Morgan fingerprint density at radius 3 is 2.62 bits per heavy atom. The van der Waals surface area contributed by atoms with E-state index in [1.807, 2.05) is 6.07 Å². The smallest absolute Gasteiger partial charge is 0.262 e. The zero-order valence-corrected chi connectivity index (χ0v) is 16.2. The predicted octanol–water partition coefficient (Wildman–Crippen LogP) is -0.917. The molecule has 3 aliphatic rings. The third-order valence-corrected chi connectivity index (χ3v) is 5.68. The lowest BCUT2D eigenvalue weighted by Crippen LogP contribution is -2.54. The molecular formula is C20H25N5O4. The Bertz CT molecular complexity index is 849. The van der Waals surface area contributed by atoms with Gasteiger partial charge in [0.15, 0.2) is 0 Å². The number of amides is 4. The molecule has 29 heavy (non-hydrogen) atoms. The third kappa shape index (κ3) is 3.93. The third-order valence-electron chi connectivity index (χ3n) is 5.68. The lowest BCUT2D eigenvalue weighted by molar-refractivity contribution is -0.136. The molecule has 3 heterocycles. The van der Waals surface area contributed by atoms with Gasteiger partial charge in [0.2, 0.25) is 11.8 Å². The van der Waals surface area contributed by atoms with Gasteiger partial charge in [0.1, 0.15) is 6.04 Å². The second-order valence-electron chi connectivity index (χ2n) is 7.56. The fraction of sp³-hybridized carbons (Fsp3) is 0.500. The van der Waals surface area contributed by atoms with Crippen LogP contribution in [0.15, 0.2) is 18.2 Å². The second-order valence-corrected chi connectivity index (χ2v) is 7.56. The van der Waals surface area contributed by atoms with Gasteiger partial charge < -0.3 is 10.6 Å². The number of fused-ring (bicyclic) bond motifs is 1. The van der Waals surface area contributed by atoms with Crippen molar-refractivity contribution >= 4 is 23.6 Å². The van der Waals surface area contributed by atoms with E-state index in [1.165, 1.54) is 0 Å². The normalized spacial score (nSPS) is 22.8. The molecule has 1 aromatic carbocycles. The molecule has 1 atom stereocenters. The number of carbonyl (C=O) groups is 4. The van der Waals surface area contributed by atoms with E-state index in [-0.39, 0.29) is 18.7 Å². The Morgan fingerprint density at radius 1 is 1.07 bits per heavy atom. The average Bonchev–Trinajstić information content (AvgIpc) is 2.98. The highest BCUT2D eigenvalue weighted by atomic mass is 16.2. The Hall–Kier alpha value is -2.62. The summed E-state index contributed by atoms with van der Waals surface area (Å²) >= 11 is 0. The number of piperazine rings is 1. The molecule has 154 valence electrons. The quantitative estimate of drug-likeness (QED) is 0.419. The van der Waals surface area contributed by atoms with Gasteiger partial charge in [0, 0.05) is 52.2 Å². The molecule has 1 unspecified atom stereocenters. The zero-order valence-electron chi connectivity index (χ0n) is 16.2. The number of piperidine rings is 1. The van der Waals surface area contributed by atoms with E-state index in [1.54, 1.807) is 12.1 Å². The van der Waals surface area contributed by atoms with Crippen molar-refractivity contribution in [3.63, 3.8) is 0 Å². The summed E-state index contributed by atoms with van der Waals surface area (Å²) in [5, 5.41) is 8.89. The van der Waals surface area contributed by atoms with Crippen LogP contribution < -0.4 is 16.0 Å². The van der Waals surface area contributed by atoms with Crippen LogP contribution in [0.3, 0.4) is 0 Å². The van der Waals surface area contributed by atoms with Gasteiger partial charge in [-0.15, -0.1) is 0 Å². The first-order valence-electron chi connectivity index (χ1n) is 10.0. The Balaban J connectivity index is 1.43. The molecule has 4 rings (SSSR count). The van der Waals surface area contributed by atoms with Crippen molar-refractivity contribution in [3.8, 4) is 0 Å². The van der Waals surface area contributed by atoms with E-state index in [2.05, 4.69) is 20.9 Å². The van der Waals surface area contributed by atoms with E-state index in [0.717, 1.165) is 49.7 Å².